The molecule has 1 aliphatic carbocycles. The zero-order valence-corrected chi connectivity index (χ0v) is 19.2. The number of aliphatic carboxylic acids is 1. The Bertz CT molecular complexity index is 1280. The van der Waals surface area contributed by atoms with E-state index in [1.165, 1.54) is 11.3 Å². The van der Waals surface area contributed by atoms with Gasteiger partial charge in [0.15, 0.2) is 9.84 Å². The third kappa shape index (κ3) is 4.59. The summed E-state index contributed by atoms with van der Waals surface area (Å²) in [6, 6.07) is 8.67. The van der Waals surface area contributed by atoms with Crippen LogP contribution in [-0.4, -0.2) is 47.9 Å². The molecule has 0 aliphatic heterocycles. The highest BCUT2D eigenvalue weighted by atomic mass is 35.5. The number of hydrogen-bond acceptors (Lipinski definition) is 5. The van der Waals surface area contributed by atoms with E-state index in [0.717, 1.165) is 15.8 Å². The average Bonchev–Trinajstić information content (AvgIpc) is 3.34. The number of halogens is 2. The molecule has 1 amide bonds. The molecule has 1 aliphatic rings. The van der Waals surface area contributed by atoms with Crippen LogP contribution in [0.5, 0.6) is 0 Å². The van der Waals surface area contributed by atoms with Gasteiger partial charge in [0.05, 0.1) is 33.2 Å². The first-order valence-electron chi connectivity index (χ1n) is 9.42. The summed E-state index contributed by atoms with van der Waals surface area (Å²) in [6.45, 7) is 0. The SMILES string of the molecule is O=C(O)CCS(=O)(=O)CC1c2ccccc2C[C@H]1NC(=O)c1cc2sc(Cl)c(Cl)c2[nH]1. The number of nitrogens with one attached hydrogen (secondary N) is 2. The number of rotatable bonds is 7. The van der Waals surface area contributed by atoms with Gasteiger partial charge in [-0.05, 0) is 23.6 Å². The molecule has 0 saturated heterocycles. The van der Waals surface area contributed by atoms with Gasteiger partial charge >= 0.3 is 5.97 Å². The monoisotopic (exact) mass is 500 g/mol. The fourth-order valence-electron chi connectivity index (χ4n) is 3.92. The predicted molar refractivity (Wildman–Crippen MR) is 121 cm³/mol. The van der Waals surface area contributed by atoms with Crippen LogP contribution in [0.15, 0.2) is 30.3 Å². The van der Waals surface area contributed by atoms with Crippen molar-refractivity contribution in [1.29, 1.82) is 0 Å². The van der Waals surface area contributed by atoms with E-state index in [-0.39, 0.29) is 11.7 Å². The number of hydrogen-bond donors (Lipinski definition) is 3. The van der Waals surface area contributed by atoms with Crippen molar-refractivity contribution in [1.82, 2.24) is 10.3 Å². The van der Waals surface area contributed by atoms with E-state index in [0.29, 0.717) is 27.0 Å². The largest absolute Gasteiger partial charge is 0.481 e. The van der Waals surface area contributed by atoms with E-state index < -0.39 is 39.9 Å². The second kappa shape index (κ2) is 8.46. The Hall–Kier alpha value is -2.07. The molecule has 11 heteroatoms. The maximum Gasteiger partial charge on any atom is 0.304 e. The molecule has 0 saturated carbocycles. The Morgan fingerprint density at radius 3 is 2.71 bits per heavy atom. The fourth-order valence-corrected chi connectivity index (χ4v) is 7.01. The summed E-state index contributed by atoms with van der Waals surface area (Å²) in [7, 11) is -3.63. The molecule has 164 valence electrons. The Kier molecular flexibility index (Phi) is 6.04. The number of fused-ring (bicyclic) bond motifs is 2. The minimum Gasteiger partial charge on any atom is -0.481 e. The lowest BCUT2D eigenvalue weighted by atomic mass is 10.0. The van der Waals surface area contributed by atoms with Crippen molar-refractivity contribution in [2.24, 2.45) is 0 Å². The number of benzene rings is 1. The molecular formula is C20H18Cl2N2O5S2. The van der Waals surface area contributed by atoms with Crippen LogP contribution >= 0.6 is 34.5 Å². The van der Waals surface area contributed by atoms with Crippen LogP contribution in [0, 0.1) is 0 Å². The summed E-state index contributed by atoms with van der Waals surface area (Å²) in [4.78, 5) is 26.7. The van der Waals surface area contributed by atoms with E-state index in [2.05, 4.69) is 10.3 Å². The van der Waals surface area contributed by atoms with Crippen molar-refractivity contribution in [2.45, 2.75) is 24.8 Å². The Morgan fingerprint density at radius 1 is 1.26 bits per heavy atom. The Morgan fingerprint density at radius 2 is 2.00 bits per heavy atom. The molecule has 2 atom stereocenters. The van der Waals surface area contributed by atoms with E-state index in [1.807, 2.05) is 24.3 Å². The molecule has 3 aromatic rings. The minimum atomic E-state index is -3.63. The Labute approximate surface area is 192 Å². The summed E-state index contributed by atoms with van der Waals surface area (Å²) >= 11 is 13.4. The number of aromatic amines is 1. The van der Waals surface area contributed by atoms with E-state index in [4.69, 9.17) is 28.3 Å². The summed E-state index contributed by atoms with van der Waals surface area (Å²) in [6.07, 6.45) is 0.0406. The Balaban J connectivity index is 1.56. The first-order valence-corrected chi connectivity index (χ1v) is 12.8. The zero-order chi connectivity index (χ0) is 22.3. The number of aromatic nitrogens is 1. The second-order valence-corrected chi connectivity index (χ2v) is 11.7. The summed E-state index contributed by atoms with van der Waals surface area (Å²) in [5.74, 6) is -2.67. The molecule has 0 fully saturated rings. The fraction of sp³-hybridized carbons (Fsp3) is 0.300. The summed E-state index contributed by atoms with van der Waals surface area (Å²) in [5, 5.41) is 12.1. The maximum absolute atomic E-state index is 12.9. The minimum absolute atomic E-state index is 0.233. The van der Waals surface area contributed by atoms with Crippen LogP contribution in [0.4, 0.5) is 0 Å². The van der Waals surface area contributed by atoms with Crippen molar-refractivity contribution in [3.8, 4) is 0 Å². The van der Waals surface area contributed by atoms with Crippen LogP contribution in [-0.2, 0) is 21.1 Å². The van der Waals surface area contributed by atoms with Gasteiger partial charge in [0.1, 0.15) is 10.0 Å². The third-order valence-electron chi connectivity index (χ3n) is 5.37. The lowest BCUT2D eigenvalue weighted by molar-refractivity contribution is -0.136. The van der Waals surface area contributed by atoms with Crippen LogP contribution in [0.1, 0.15) is 34.0 Å². The summed E-state index contributed by atoms with van der Waals surface area (Å²) < 4.78 is 26.3. The molecule has 1 aromatic carbocycles. The van der Waals surface area contributed by atoms with E-state index >= 15 is 0 Å². The molecule has 31 heavy (non-hydrogen) atoms. The van der Waals surface area contributed by atoms with Crippen LogP contribution in [0.3, 0.4) is 0 Å². The van der Waals surface area contributed by atoms with Gasteiger partial charge in [-0.15, -0.1) is 11.3 Å². The van der Waals surface area contributed by atoms with Gasteiger partial charge in [-0.3, -0.25) is 9.59 Å². The average molecular weight is 501 g/mol. The van der Waals surface area contributed by atoms with Crippen molar-refractivity contribution in [2.75, 3.05) is 11.5 Å². The summed E-state index contributed by atoms with van der Waals surface area (Å²) in [5.41, 5.74) is 2.72. The molecule has 7 nitrogen and oxygen atoms in total. The first-order chi connectivity index (χ1) is 14.6. The topological polar surface area (TPSA) is 116 Å². The molecule has 2 aromatic heterocycles. The normalized spacial score (nSPS) is 18.3. The molecule has 0 bridgehead atoms. The maximum atomic E-state index is 12.9. The van der Waals surface area contributed by atoms with Gasteiger partial charge in [-0.1, -0.05) is 47.5 Å². The lowest BCUT2D eigenvalue weighted by Crippen LogP contribution is -2.40. The molecule has 0 spiro atoms. The van der Waals surface area contributed by atoms with Crippen molar-refractivity contribution in [3.05, 3.63) is 56.5 Å². The van der Waals surface area contributed by atoms with Crippen LogP contribution < -0.4 is 5.32 Å². The van der Waals surface area contributed by atoms with Gasteiger partial charge in [0.25, 0.3) is 5.91 Å². The van der Waals surface area contributed by atoms with Gasteiger partial charge in [0.2, 0.25) is 0 Å². The highest BCUT2D eigenvalue weighted by Crippen LogP contribution is 2.39. The number of carboxylic acid groups (broad SMARTS) is 1. The number of sulfone groups is 1. The van der Waals surface area contributed by atoms with Crippen molar-refractivity contribution in [3.63, 3.8) is 0 Å². The second-order valence-electron chi connectivity index (χ2n) is 7.46. The van der Waals surface area contributed by atoms with Crippen LogP contribution in [0.2, 0.25) is 9.36 Å². The lowest BCUT2D eigenvalue weighted by Gasteiger charge is -2.21. The molecular weight excluding hydrogens is 483 g/mol. The van der Waals surface area contributed by atoms with Crippen molar-refractivity contribution >= 4 is 66.5 Å². The standard InChI is InChI=1S/C20H18Cl2N2O5S2/c21-17-18-15(30-19(17)22)8-14(23-18)20(27)24-13-7-10-3-1-2-4-11(10)12(13)9-31(28,29)6-5-16(25)26/h1-4,8,12-13,23H,5-7,9H2,(H,24,27)(H,25,26)/t12?,13-/m1/s1. The van der Waals surface area contributed by atoms with Gasteiger partial charge in [-0.25, -0.2) is 8.42 Å². The number of carboxylic acids is 1. The molecule has 1 unspecified atom stereocenters. The van der Waals surface area contributed by atoms with Crippen LogP contribution in [0.25, 0.3) is 10.2 Å². The highest BCUT2D eigenvalue weighted by molar-refractivity contribution is 7.91. The number of thiophene rings is 1. The third-order valence-corrected chi connectivity index (χ3v) is 9.00. The molecule has 2 heterocycles. The predicted octanol–water partition coefficient (Wildman–Crippen LogP) is 3.86. The van der Waals surface area contributed by atoms with E-state index in [9.17, 15) is 18.0 Å². The highest BCUT2D eigenvalue weighted by Gasteiger charge is 2.36. The van der Waals surface area contributed by atoms with Gasteiger partial charge < -0.3 is 15.4 Å². The van der Waals surface area contributed by atoms with Crippen molar-refractivity contribution < 1.29 is 23.1 Å². The number of amides is 1. The molecule has 0 radical (unpaired) electrons. The number of carbonyl (C=O) groups excluding carboxylic acids is 1. The van der Waals surface area contributed by atoms with Gasteiger partial charge in [-0.2, -0.15) is 0 Å². The van der Waals surface area contributed by atoms with E-state index in [1.54, 1.807) is 6.07 Å². The smallest absolute Gasteiger partial charge is 0.304 e. The van der Waals surface area contributed by atoms with Gasteiger partial charge in [0, 0.05) is 12.0 Å². The molecule has 3 N–H and O–H groups in total. The quantitative estimate of drug-likeness (QED) is 0.455. The first kappa shape index (κ1) is 22.1. The zero-order valence-electron chi connectivity index (χ0n) is 16.0. The number of H-pyrrole nitrogens is 1. The molecule has 4 rings (SSSR count). The number of carbonyl (C=O) groups is 2.